The van der Waals surface area contributed by atoms with Crippen LogP contribution < -0.4 is 0 Å². The Balaban J connectivity index is 3.15. The summed E-state index contributed by atoms with van der Waals surface area (Å²) in [6.45, 7) is 1.68. The van der Waals surface area contributed by atoms with Gasteiger partial charge >= 0.3 is 0 Å². The third kappa shape index (κ3) is 3.39. The second-order valence-corrected chi connectivity index (χ2v) is 4.30. The van der Waals surface area contributed by atoms with Crippen LogP contribution in [0.1, 0.15) is 23.7 Å². The highest BCUT2D eigenvalue weighted by atomic mass is 35.5. The molecular weight excluding hydrogens is 272 g/mol. The van der Waals surface area contributed by atoms with Gasteiger partial charge in [0.15, 0.2) is 0 Å². The normalized spacial score (nSPS) is 11.5. The van der Waals surface area contributed by atoms with Crippen LogP contribution in [0.4, 0.5) is 5.69 Å². The first-order valence-corrected chi connectivity index (χ1v) is 5.70. The molecule has 0 aliphatic rings. The largest absolute Gasteiger partial charge is 0.338 e. The third-order valence-electron chi connectivity index (χ3n) is 2.64. The van der Waals surface area contributed by atoms with Gasteiger partial charge in [-0.05, 0) is 13.0 Å². The van der Waals surface area contributed by atoms with Gasteiger partial charge in [-0.1, -0.05) is 11.6 Å². The van der Waals surface area contributed by atoms with E-state index in [1.807, 2.05) is 6.07 Å². The molecule has 1 aromatic heterocycles. The van der Waals surface area contributed by atoms with Crippen molar-refractivity contribution in [3.05, 3.63) is 33.1 Å². The van der Waals surface area contributed by atoms with E-state index in [-0.39, 0.29) is 23.2 Å². The van der Waals surface area contributed by atoms with Gasteiger partial charge in [-0.15, -0.1) is 0 Å². The zero-order valence-electron chi connectivity index (χ0n) is 10.3. The number of hydrogen-bond donors (Lipinski definition) is 0. The number of pyridine rings is 1. The Kier molecular flexibility index (Phi) is 4.78. The van der Waals surface area contributed by atoms with E-state index >= 15 is 0 Å². The predicted octanol–water partition coefficient (Wildman–Crippen LogP) is 2.02. The summed E-state index contributed by atoms with van der Waals surface area (Å²) in [7, 11) is 1.47. The van der Waals surface area contributed by atoms with Crippen molar-refractivity contribution in [1.82, 2.24) is 9.88 Å². The van der Waals surface area contributed by atoms with E-state index in [4.69, 9.17) is 16.9 Å². The zero-order valence-corrected chi connectivity index (χ0v) is 11.1. The number of amides is 1. The molecule has 19 heavy (non-hydrogen) atoms. The van der Waals surface area contributed by atoms with E-state index < -0.39 is 16.5 Å². The van der Waals surface area contributed by atoms with Crippen LogP contribution in [0.5, 0.6) is 0 Å². The summed E-state index contributed by atoms with van der Waals surface area (Å²) in [6, 6.07) is 2.73. The summed E-state index contributed by atoms with van der Waals surface area (Å²) < 4.78 is 0. The van der Waals surface area contributed by atoms with Crippen molar-refractivity contribution in [2.24, 2.45) is 0 Å². The van der Waals surface area contributed by atoms with Crippen molar-refractivity contribution in [2.45, 2.75) is 19.4 Å². The van der Waals surface area contributed by atoms with Gasteiger partial charge in [0, 0.05) is 13.1 Å². The van der Waals surface area contributed by atoms with Crippen LogP contribution in [-0.2, 0) is 0 Å². The van der Waals surface area contributed by atoms with Gasteiger partial charge in [0.05, 0.1) is 17.4 Å². The van der Waals surface area contributed by atoms with E-state index in [9.17, 15) is 14.9 Å². The molecule has 100 valence electrons. The van der Waals surface area contributed by atoms with E-state index in [0.717, 1.165) is 12.3 Å². The molecule has 1 unspecified atom stereocenters. The van der Waals surface area contributed by atoms with Crippen molar-refractivity contribution >= 4 is 23.2 Å². The molecule has 0 aliphatic carbocycles. The number of nitrogens with zero attached hydrogens (tertiary/aromatic N) is 4. The fourth-order valence-electron chi connectivity index (χ4n) is 1.40. The zero-order chi connectivity index (χ0) is 14.6. The van der Waals surface area contributed by atoms with Crippen LogP contribution in [-0.4, -0.2) is 33.8 Å². The van der Waals surface area contributed by atoms with E-state index in [0.29, 0.717) is 0 Å². The summed E-state index contributed by atoms with van der Waals surface area (Å²) >= 11 is 5.65. The van der Waals surface area contributed by atoms with Crippen molar-refractivity contribution in [3.63, 3.8) is 0 Å². The van der Waals surface area contributed by atoms with Gasteiger partial charge in [0.25, 0.3) is 11.6 Å². The molecule has 7 nitrogen and oxygen atoms in total. The Bertz CT molecular complexity index is 555. The lowest BCUT2D eigenvalue weighted by Gasteiger charge is -2.22. The molecule has 0 fully saturated rings. The lowest BCUT2D eigenvalue weighted by molar-refractivity contribution is -0.385. The predicted molar refractivity (Wildman–Crippen MR) is 67.7 cm³/mol. The number of nitro groups is 1. The first-order chi connectivity index (χ1) is 8.88. The maximum Gasteiger partial charge on any atom is 0.300 e. The van der Waals surface area contributed by atoms with Gasteiger partial charge in [-0.25, -0.2) is 4.98 Å². The van der Waals surface area contributed by atoms with E-state index in [1.54, 1.807) is 6.92 Å². The molecule has 0 aliphatic heterocycles. The molecule has 0 saturated heterocycles. The van der Waals surface area contributed by atoms with Crippen LogP contribution in [0.15, 0.2) is 12.3 Å². The maximum absolute atomic E-state index is 12.2. The van der Waals surface area contributed by atoms with Gasteiger partial charge in [0.2, 0.25) is 0 Å². The third-order valence-corrected chi connectivity index (χ3v) is 2.85. The number of hydrogen-bond acceptors (Lipinski definition) is 5. The van der Waals surface area contributed by atoms with Gasteiger partial charge in [-0.3, -0.25) is 14.9 Å². The number of carbonyl (C=O) groups is 1. The molecule has 0 radical (unpaired) electrons. The fraction of sp³-hybridized carbons (Fsp3) is 0.364. The number of aromatic nitrogens is 1. The fourth-order valence-corrected chi connectivity index (χ4v) is 1.56. The summed E-state index contributed by atoms with van der Waals surface area (Å²) in [5, 5.41) is 19.4. The standard InChI is InChI=1S/C11H11ClN4O3/c1-7(3-4-13)15(2)11(17)8-5-10(12)14-6-9(8)16(18)19/h5-7H,3H2,1-2H3. The molecule has 1 amide bonds. The second-order valence-electron chi connectivity index (χ2n) is 3.91. The Morgan fingerprint density at radius 3 is 2.89 bits per heavy atom. The van der Waals surface area contributed by atoms with Crippen molar-refractivity contribution in [1.29, 1.82) is 5.26 Å². The van der Waals surface area contributed by atoms with Crippen molar-refractivity contribution in [3.8, 4) is 6.07 Å². The number of rotatable bonds is 4. The van der Waals surface area contributed by atoms with E-state index in [2.05, 4.69) is 4.98 Å². The average Bonchev–Trinajstić information content (AvgIpc) is 2.36. The maximum atomic E-state index is 12.2. The molecule has 0 spiro atoms. The molecule has 1 aromatic rings. The molecule has 1 atom stereocenters. The minimum Gasteiger partial charge on any atom is -0.338 e. The van der Waals surface area contributed by atoms with Crippen LogP contribution >= 0.6 is 11.6 Å². The SMILES string of the molecule is CC(CC#N)N(C)C(=O)c1cc(Cl)ncc1[N+](=O)[O-]. The molecule has 1 rings (SSSR count). The van der Waals surface area contributed by atoms with Crippen LogP contribution in [0, 0.1) is 21.4 Å². The Morgan fingerprint density at radius 2 is 2.37 bits per heavy atom. The quantitative estimate of drug-likeness (QED) is 0.478. The molecule has 1 heterocycles. The number of nitriles is 1. The van der Waals surface area contributed by atoms with Gasteiger partial charge in [-0.2, -0.15) is 5.26 Å². The lowest BCUT2D eigenvalue weighted by Crippen LogP contribution is -2.35. The summed E-state index contributed by atoms with van der Waals surface area (Å²) in [4.78, 5) is 27.2. The Labute approximate surface area is 114 Å². The summed E-state index contributed by atoms with van der Waals surface area (Å²) in [6.07, 6.45) is 1.08. The highest BCUT2D eigenvalue weighted by molar-refractivity contribution is 6.29. The highest BCUT2D eigenvalue weighted by Crippen LogP contribution is 2.22. The molecule has 0 aromatic carbocycles. The Morgan fingerprint density at radius 1 is 1.74 bits per heavy atom. The van der Waals surface area contributed by atoms with Gasteiger partial charge < -0.3 is 4.90 Å². The van der Waals surface area contributed by atoms with Crippen LogP contribution in [0.25, 0.3) is 0 Å². The second kappa shape index (κ2) is 6.11. The molecule has 0 saturated carbocycles. The van der Waals surface area contributed by atoms with Crippen molar-refractivity contribution in [2.75, 3.05) is 7.05 Å². The highest BCUT2D eigenvalue weighted by Gasteiger charge is 2.26. The minimum absolute atomic E-state index is 0.00436. The Hall–Kier alpha value is -2.20. The minimum atomic E-state index is -0.695. The molecule has 0 bridgehead atoms. The molecule has 0 N–H and O–H groups in total. The average molecular weight is 283 g/mol. The lowest BCUT2D eigenvalue weighted by atomic mass is 10.1. The van der Waals surface area contributed by atoms with Crippen molar-refractivity contribution < 1.29 is 9.72 Å². The number of carbonyl (C=O) groups excluding carboxylic acids is 1. The smallest absolute Gasteiger partial charge is 0.300 e. The topological polar surface area (TPSA) is 100 Å². The summed E-state index contributed by atoms with van der Waals surface area (Å²) in [5.74, 6) is -0.571. The first-order valence-electron chi connectivity index (χ1n) is 5.32. The van der Waals surface area contributed by atoms with Gasteiger partial charge in [0.1, 0.15) is 16.9 Å². The molecular formula is C11H11ClN4O3. The molecule has 8 heteroatoms. The van der Waals surface area contributed by atoms with Crippen LogP contribution in [0.2, 0.25) is 5.15 Å². The van der Waals surface area contributed by atoms with E-state index in [1.165, 1.54) is 11.9 Å². The monoisotopic (exact) mass is 282 g/mol. The number of halogens is 1. The first kappa shape index (κ1) is 14.9. The van der Waals surface area contributed by atoms with Crippen LogP contribution in [0.3, 0.4) is 0 Å². The summed E-state index contributed by atoms with van der Waals surface area (Å²) in [5.41, 5.74) is -0.553.